The second kappa shape index (κ2) is 4.13. The maximum Gasteiger partial charge on any atom is 0.324 e. The Labute approximate surface area is 102 Å². The number of hydrogen-bond acceptors (Lipinski definition) is 3. The van der Waals surface area contributed by atoms with E-state index < -0.39 is 5.41 Å². The molecule has 17 heavy (non-hydrogen) atoms. The molecule has 2 unspecified atom stereocenters. The van der Waals surface area contributed by atoms with E-state index in [-0.39, 0.29) is 17.9 Å². The van der Waals surface area contributed by atoms with Crippen LogP contribution in [0.4, 0.5) is 0 Å². The minimum absolute atomic E-state index is 0.279. The number of fused-ring (bicyclic) bond motifs is 1. The second-order valence-electron chi connectivity index (χ2n) is 5.00. The van der Waals surface area contributed by atoms with E-state index in [1.165, 1.54) is 5.57 Å². The Morgan fingerprint density at radius 1 is 1.47 bits per heavy atom. The van der Waals surface area contributed by atoms with E-state index in [2.05, 4.69) is 6.58 Å². The molecule has 0 aromatic rings. The summed E-state index contributed by atoms with van der Waals surface area (Å²) in [5, 5.41) is 0. The molecule has 1 aliphatic carbocycles. The van der Waals surface area contributed by atoms with Crippen LogP contribution in [0.5, 0.6) is 0 Å². The van der Waals surface area contributed by atoms with E-state index in [9.17, 15) is 9.59 Å². The molecule has 0 radical (unpaired) electrons. The largest absolute Gasteiger partial charge is 0.392 e. The van der Waals surface area contributed by atoms with Crippen molar-refractivity contribution in [3.63, 3.8) is 0 Å². The quantitative estimate of drug-likeness (QED) is 0.428. The van der Waals surface area contributed by atoms with Crippen molar-refractivity contribution >= 4 is 11.9 Å². The van der Waals surface area contributed by atoms with Gasteiger partial charge in [-0.05, 0) is 39.5 Å². The molecule has 1 saturated heterocycles. The molecule has 0 spiro atoms. The fourth-order valence-electron chi connectivity index (χ4n) is 3.10. The number of cyclic esters (lactones) is 2. The van der Waals surface area contributed by atoms with Crippen LogP contribution in [0, 0.1) is 11.3 Å². The molecule has 0 amide bonds. The Balaban J connectivity index is 2.49. The topological polar surface area (TPSA) is 43.4 Å². The van der Waals surface area contributed by atoms with Crippen molar-refractivity contribution in [3.8, 4) is 0 Å². The van der Waals surface area contributed by atoms with E-state index in [4.69, 9.17) is 4.74 Å². The van der Waals surface area contributed by atoms with Gasteiger partial charge in [-0.15, -0.1) is 6.58 Å². The van der Waals surface area contributed by atoms with Crippen molar-refractivity contribution in [2.45, 2.75) is 39.5 Å². The Kier molecular flexibility index (Phi) is 2.94. The average Bonchev–Trinajstić information content (AvgIpc) is 2.54. The lowest BCUT2D eigenvalue weighted by atomic mass is 9.62. The molecule has 92 valence electrons. The summed E-state index contributed by atoms with van der Waals surface area (Å²) in [5.74, 6) is -0.976. The van der Waals surface area contributed by atoms with E-state index in [0.29, 0.717) is 6.42 Å². The molecule has 1 heterocycles. The highest BCUT2D eigenvalue weighted by Crippen LogP contribution is 2.52. The maximum absolute atomic E-state index is 12.1. The van der Waals surface area contributed by atoms with Crippen LogP contribution < -0.4 is 0 Å². The molecule has 0 saturated carbocycles. The zero-order chi connectivity index (χ0) is 12.6. The lowest BCUT2D eigenvalue weighted by molar-refractivity contribution is -0.154. The first-order chi connectivity index (χ1) is 8.04. The zero-order valence-electron chi connectivity index (χ0n) is 10.4. The van der Waals surface area contributed by atoms with Gasteiger partial charge in [0.1, 0.15) is 5.41 Å². The number of ether oxygens (including phenoxy) is 1. The van der Waals surface area contributed by atoms with Crippen LogP contribution in [0.3, 0.4) is 0 Å². The number of allylic oxidation sites excluding steroid dienone is 2. The number of carbonyl (C=O) groups is 2. The van der Waals surface area contributed by atoms with Crippen LogP contribution in [0.15, 0.2) is 23.8 Å². The summed E-state index contributed by atoms with van der Waals surface area (Å²) in [6, 6.07) is 0. The summed E-state index contributed by atoms with van der Waals surface area (Å²) in [7, 11) is 0. The van der Waals surface area contributed by atoms with Crippen LogP contribution in [0.2, 0.25) is 0 Å². The highest BCUT2D eigenvalue weighted by Gasteiger charge is 2.59. The molecule has 0 bridgehead atoms. The third-order valence-corrected chi connectivity index (χ3v) is 4.30. The minimum Gasteiger partial charge on any atom is -0.392 e. The molecule has 0 aromatic carbocycles. The minimum atomic E-state index is -0.701. The summed E-state index contributed by atoms with van der Waals surface area (Å²) in [6.45, 7) is 7.69. The van der Waals surface area contributed by atoms with Gasteiger partial charge in [0.05, 0.1) is 5.92 Å². The van der Waals surface area contributed by atoms with Crippen LogP contribution in [0.1, 0.15) is 39.5 Å². The predicted octanol–water partition coefficient (Wildman–Crippen LogP) is 2.77. The van der Waals surface area contributed by atoms with Gasteiger partial charge in [0, 0.05) is 0 Å². The Morgan fingerprint density at radius 3 is 2.82 bits per heavy atom. The van der Waals surface area contributed by atoms with Gasteiger partial charge < -0.3 is 4.74 Å². The van der Waals surface area contributed by atoms with E-state index in [1.807, 2.05) is 13.8 Å². The fourth-order valence-corrected chi connectivity index (χ4v) is 3.10. The van der Waals surface area contributed by atoms with E-state index in [1.54, 1.807) is 6.08 Å². The SMILES string of the molecule is C=CCCC12C(=O)OC(=O)C1CCC(C)=C2C. The lowest BCUT2D eigenvalue weighted by Gasteiger charge is -2.36. The molecule has 2 aliphatic rings. The third-order valence-electron chi connectivity index (χ3n) is 4.30. The Hall–Kier alpha value is -1.38. The maximum atomic E-state index is 12.1. The van der Waals surface area contributed by atoms with Gasteiger partial charge in [-0.2, -0.15) is 0 Å². The summed E-state index contributed by atoms with van der Waals surface area (Å²) in [4.78, 5) is 23.8. The first kappa shape index (κ1) is 12.1. The van der Waals surface area contributed by atoms with Gasteiger partial charge >= 0.3 is 11.9 Å². The molecular formula is C14H18O3. The Bertz CT molecular complexity index is 419. The first-order valence-electron chi connectivity index (χ1n) is 6.08. The molecule has 3 nitrogen and oxygen atoms in total. The van der Waals surface area contributed by atoms with Gasteiger partial charge in [0.15, 0.2) is 0 Å². The van der Waals surface area contributed by atoms with Gasteiger partial charge in [0.2, 0.25) is 0 Å². The number of rotatable bonds is 3. The second-order valence-corrected chi connectivity index (χ2v) is 5.00. The van der Waals surface area contributed by atoms with E-state index in [0.717, 1.165) is 24.8 Å². The number of carbonyl (C=O) groups excluding carboxylic acids is 2. The summed E-state index contributed by atoms with van der Waals surface area (Å²) < 4.78 is 4.88. The summed E-state index contributed by atoms with van der Waals surface area (Å²) in [5.41, 5.74) is 1.55. The summed E-state index contributed by atoms with van der Waals surface area (Å²) >= 11 is 0. The van der Waals surface area contributed by atoms with Gasteiger partial charge in [0.25, 0.3) is 0 Å². The highest BCUT2D eigenvalue weighted by atomic mass is 16.6. The van der Waals surface area contributed by atoms with Gasteiger partial charge in [-0.1, -0.05) is 17.2 Å². The van der Waals surface area contributed by atoms with Crippen molar-refractivity contribution in [3.05, 3.63) is 23.8 Å². The molecule has 1 aliphatic heterocycles. The van der Waals surface area contributed by atoms with Gasteiger partial charge in [-0.3, -0.25) is 9.59 Å². The van der Waals surface area contributed by atoms with E-state index >= 15 is 0 Å². The smallest absolute Gasteiger partial charge is 0.324 e. The monoisotopic (exact) mass is 234 g/mol. The molecule has 2 atom stereocenters. The molecule has 2 rings (SSSR count). The average molecular weight is 234 g/mol. The van der Waals surface area contributed by atoms with Crippen molar-refractivity contribution in [2.24, 2.45) is 11.3 Å². The third kappa shape index (κ3) is 1.56. The number of esters is 2. The zero-order valence-corrected chi connectivity index (χ0v) is 10.4. The fraction of sp³-hybridized carbons (Fsp3) is 0.571. The standard InChI is InChI=1S/C14H18O3/c1-4-5-8-14-10(3)9(2)6-7-11(14)12(15)17-13(14)16/h4,11H,1,5-8H2,2-3H3. The predicted molar refractivity (Wildman–Crippen MR) is 64.1 cm³/mol. The van der Waals surface area contributed by atoms with Crippen molar-refractivity contribution in [2.75, 3.05) is 0 Å². The number of hydrogen-bond donors (Lipinski definition) is 0. The highest BCUT2D eigenvalue weighted by molar-refractivity contribution is 6.01. The molecular weight excluding hydrogens is 216 g/mol. The molecule has 0 aromatic heterocycles. The van der Waals surface area contributed by atoms with Crippen LogP contribution in [-0.2, 0) is 14.3 Å². The normalized spacial score (nSPS) is 32.5. The van der Waals surface area contributed by atoms with Crippen molar-refractivity contribution < 1.29 is 14.3 Å². The van der Waals surface area contributed by atoms with Gasteiger partial charge in [-0.25, -0.2) is 0 Å². The molecule has 3 heteroatoms. The first-order valence-corrected chi connectivity index (χ1v) is 6.08. The van der Waals surface area contributed by atoms with Crippen LogP contribution >= 0.6 is 0 Å². The molecule has 1 fully saturated rings. The lowest BCUT2D eigenvalue weighted by Crippen LogP contribution is -2.38. The van der Waals surface area contributed by atoms with Crippen LogP contribution in [0.25, 0.3) is 0 Å². The van der Waals surface area contributed by atoms with Crippen LogP contribution in [-0.4, -0.2) is 11.9 Å². The Morgan fingerprint density at radius 2 is 2.18 bits per heavy atom. The summed E-state index contributed by atoms with van der Waals surface area (Å²) in [6.07, 6.45) is 4.76. The molecule has 0 N–H and O–H groups in total. The van der Waals surface area contributed by atoms with Crippen molar-refractivity contribution in [1.82, 2.24) is 0 Å². The van der Waals surface area contributed by atoms with Crippen molar-refractivity contribution in [1.29, 1.82) is 0 Å².